The number of amides is 1. The molecular formula is C17H24N2O. The summed E-state index contributed by atoms with van der Waals surface area (Å²) < 4.78 is 0. The standard InChI is InChI=1S/C17H24N2O/c1-5-19(6-2)17(20)16(12-18)11-14-7-9-15(10-8-14)13(3)4/h7-10,13,16H,5-6,11H2,1-4H3. The maximum Gasteiger partial charge on any atom is 0.240 e. The molecular weight excluding hydrogens is 248 g/mol. The summed E-state index contributed by atoms with van der Waals surface area (Å²) in [6, 6.07) is 10.4. The van der Waals surface area contributed by atoms with Gasteiger partial charge in [0.05, 0.1) is 6.07 Å². The van der Waals surface area contributed by atoms with E-state index in [0.29, 0.717) is 25.4 Å². The van der Waals surface area contributed by atoms with Gasteiger partial charge in [0.2, 0.25) is 5.91 Å². The van der Waals surface area contributed by atoms with Crippen molar-refractivity contribution in [2.75, 3.05) is 13.1 Å². The minimum absolute atomic E-state index is 0.0644. The quantitative estimate of drug-likeness (QED) is 0.797. The molecule has 3 heteroatoms. The smallest absolute Gasteiger partial charge is 0.240 e. The van der Waals surface area contributed by atoms with Crippen LogP contribution in [0, 0.1) is 17.2 Å². The molecule has 0 N–H and O–H groups in total. The van der Waals surface area contributed by atoms with Crippen molar-refractivity contribution >= 4 is 5.91 Å². The summed E-state index contributed by atoms with van der Waals surface area (Å²) in [6.07, 6.45) is 0.490. The summed E-state index contributed by atoms with van der Waals surface area (Å²) in [5, 5.41) is 9.24. The highest BCUT2D eigenvalue weighted by Gasteiger charge is 2.22. The molecule has 0 aromatic heterocycles. The van der Waals surface area contributed by atoms with Gasteiger partial charge in [-0.1, -0.05) is 38.1 Å². The first kappa shape index (κ1) is 16.2. The summed E-state index contributed by atoms with van der Waals surface area (Å²) in [6.45, 7) is 9.48. The fourth-order valence-electron chi connectivity index (χ4n) is 2.22. The predicted octanol–water partition coefficient (Wildman–Crippen LogP) is 3.36. The number of nitrogens with zero attached hydrogens (tertiary/aromatic N) is 2. The molecule has 0 bridgehead atoms. The van der Waals surface area contributed by atoms with Gasteiger partial charge in [0.15, 0.2) is 0 Å². The molecule has 108 valence electrons. The Morgan fingerprint density at radius 3 is 2.15 bits per heavy atom. The lowest BCUT2D eigenvalue weighted by Crippen LogP contribution is -2.36. The van der Waals surface area contributed by atoms with Crippen LogP contribution in [0.1, 0.15) is 44.7 Å². The molecule has 0 radical (unpaired) electrons. The van der Waals surface area contributed by atoms with Crippen LogP contribution in [0.5, 0.6) is 0 Å². The third kappa shape index (κ3) is 4.09. The van der Waals surface area contributed by atoms with Gasteiger partial charge in [-0.2, -0.15) is 5.26 Å². The number of hydrogen-bond acceptors (Lipinski definition) is 2. The molecule has 1 rings (SSSR count). The molecule has 0 saturated heterocycles. The van der Waals surface area contributed by atoms with Gasteiger partial charge >= 0.3 is 0 Å². The Bertz CT molecular complexity index is 467. The van der Waals surface area contributed by atoms with E-state index in [1.54, 1.807) is 4.90 Å². The van der Waals surface area contributed by atoms with E-state index in [4.69, 9.17) is 0 Å². The maximum atomic E-state index is 12.2. The van der Waals surface area contributed by atoms with Crippen LogP contribution in [-0.2, 0) is 11.2 Å². The number of rotatable bonds is 6. The molecule has 0 spiro atoms. The molecule has 0 heterocycles. The van der Waals surface area contributed by atoms with Crippen LogP contribution in [0.25, 0.3) is 0 Å². The van der Waals surface area contributed by atoms with E-state index in [2.05, 4.69) is 32.0 Å². The molecule has 0 aliphatic rings. The lowest BCUT2D eigenvalue weighted by Gasteiger charge is -2.21. The first-order valence-corrected chi connectivity index (χ1v) is 7.30. The molecule has 1 unspecified atom stereocenters. The van der Waals surface area contributed by atoms with Gasteiger partial charge in [-0.15, -0.1) is 0 Å². The minimum Gasteiger partial charge on any atom is -0.342 e. The molecule has 1 amide bonds. The van der Waals surface area contributed by atoms with Crippen LogP contribution in [0.2, 0.25) is 0 Å². The fraction of sp³-hybridized carbons (Fsp3) is 0.529. The van der Waals surface area contributed by atoms with Crippen LogP contribution in [0.15, 0.2) is 24.3 Å². The summed E-state index contributed by atoms with van der Waals surface area (Å²) >= 11 is 0. The Hall–Kier alpha value is -1.82. The molecule has 0 fully saturated rings. The summed E-state index contributed by atoms with van der Waals surface area (Å²) in [7, 11) is 0. The molecule has 20 heavy (non-hydrogen) atoms. The van der Waals surface area contributed by atoms with Gasteiger partial charge in [-0.25, -0.2) is 0 Å². The average Bonchev–Trinajstić information content (AvgIpc) is 2.46. The number of nitriles is 1. The van der Waals surface area contributed by atoms with Crippen molar-refractivity contribution in [3.05, 3.63) is 35.4 Å². The molecule has 3 nitrogen and oxygen atoms in total. The molecule has 0 aliphatic carbocycles. The van der Waals surface area contributed by atoms with Gasteiger partial charge in [0.1, 0.15) is 5.92 Å². The number of hydrogen-bond donors (Lipinski definition) is 0. The lowest BCUT2D eigenvalue weighted by molar-refractivity contribution is -0.133. The highest BCUT2D eigenvalue weighted by Crippen LogP contribution is 2.17. The van der Waals surface area contributed by atoms with E-state index < -0.39 is 5.92 Å². The second-order valence-electron chi connectivity index (χ2n) is 5.29. The SMILES string of the molecule is CCN(CC)C(=O)C(C#N)Cc1ccc(C(C)C)cc1. The zero-order valence-corrected chi connectivity index (χ0v) is 12.9. The van der Waals surface area contributed by atoms with Crippen molar-refractivity contribution in [2.24, 2.45) is 5.92 Å². The van der Waals surface area contributed by atoms with E-state index >= 15 is 0 Å². The van der Waals surface area contributed by atoms with E-state index in [9.17, 15) is 10.1 Å². The fourth-order valence-corrected chi connectivity index (χ4v) is 2.22. The second kappa shape index (κ2) is 7.69. The van der Waals surface area contributed by atoms with Gasteiger partial charge in [-0.05, 0) is 37.3 Å². The third-order valence-electron chi connectivity index (χ3n) is 3.62. The highest BCUT2D eigenvalue weighted by molar-refractivity contribution is 5.81. The van der Waals surface area contributed by atoms with Crippen LogP contribution in [0.4, 0.5) is 0 Å². The van der Waals surface area contributed by atoms with Crippen LogP contribution in [0.3, 0.4) is 0 Å². The molecule has 0 aliphatic heterocycles. The second-order valence-corrected chi connectivity index (χ2v) is 5.29. The first-order valence-electron chi connectivity index (χ1n) is 7.30. The summed E-state index contributed by atoms with van der Waals surface area (Å²) in [4.78, 5) is 13.9. The Balaban J connectivity index is 2.78. The number of carbonyl (C=O) groups is 1. The largest absolute Gasteiger partial charge is 0.342 e. The van der Waals surface area contributed by atoms with Crippen LogP contribution >= 0.6 is 0 Å². The van der Waals surface area contributed by atoms with Gasteiger partial charge in [0.25, 0.3) is 0 Å². The minimum atomic E-state index is -0.584. The van der Waals surface area contributed by atoms with Gasteiger partial charge < -0.3 is 4.90 Å². The van der Waals surface area contributed by atoms with Crippen molar-refractivity contribution in [3.63, 3.8) is 0 Å². The summed E-state index contributed by atoms with van der Waals surface area (Å²) in [5.41, 5.74) is 2.32. The molecule has 1 atom stereocenters. The zero-order valence-electron chi connectivity index (χ0n) is 12.9. The van der Waals surface area contributed by atoms with Gasteiger partial charge in [-0.3, -0.25) is 4.79 Å². The third-order valence-corrected chi connectivity index (χ3v) is 3.62. The number of carbonyl (C=O) groups excluding carboxylic acids is 1. The molecule has 1 aromatic rings. The van der Waals surface area contributed by atoms with Crippen molar-refractivity contribution in [3.8, 4) is 6.07 Å². The zero-order chi connectivity index (χ0) is 15.1. The lowest BCUT2D eigenvalue weighted by atomic mass is 9.96. The summed E-state index contributed by atoms with van der Waals surface area (Å²) in [5.74, 6) is -0.154. The van der Waals surface area contributed by atoms with Crippen molar-refractivity contribution in [2.45, 2.75) is 40.0 Å². The predicted molar refractivity (Wildman–Crippen MR) is 81.3 cm³/mol. The highest BCUT2D eigenvalue weighted by atomic mass is 16.2. The van der Waals surface area contributed by atoms with E-state index in [1.165, 1.54) is 5.56 Å². The Kier molecular flexibility index (Phi) is 6.24. The Labute approximate surface area is 122 Å². The Morgan fingerprint density at radius 2 is 1.75 bits per heavy atom. The van der Waals surface area contributed by atoms with Crippen molar-refractivity contribution < 1.29 is 4.79 Å². The molecule has 1 aromatic carbocycles. The van der Waals surface area contributed by atoms with E-state index in [0.717, 1.165) is 5.56 Å². The maximum absolute atomic E-state index is 12.2. The van der Waals surface area contributed by atoms with Crippen LogP contribution < -0.4 is 0 Å². The Morgan fingerprint density at radius 1 is 1.20 bits per heavy atom. The normalized spacial score (nSPS) is 12.0. The topological polar surface area (TPSA) is 44.1 Å². The van der Waals surface area contributed by atoms with Gasteiger partial charge in [0, 0.05) is 13.1 Å². The average molecular weight is 272 g/mol. The van der Waals surface area contributed by atoms with E-state index in [1.807, 2.05) is 26.0 Å². The van der Waals surface area contributed by atoms with Crippen molar-refractivity contribution in [1.82, 2.24) is 4.90 Å². The van der Waals surface area contributed by atoms with Crippen LogP contribution in [-0.4, -0.2) is 23.9 Å². The number of benzene rings is 1. The first-order chi connectivity index (χ1) is 9.53. The van der Waals surface area contributed by atoms with E-state index in [-0.39, 0.29) is 5.91 Å². The van der Waals surface area contributed by atoms with Crippen molar-refractivity contribution in [1.29, 1.82) is 5.26 Å². The monoisotopic (exact) mass is 272 g/mol. The molecule has 0 saturated carbocycles.